The van der Waals surface area contributed by atoms with Crippen molar-refractivity contribution in [2.24, 2.45) is 0 Å². The van der Waals surface area contributed by atoms with Crippen LogP contribution in [0.15, 0.2) is 34.9 Å². The Morgan fingerprint density at radius 2 is 2.06 bits per heavy atom. The van der Waals surface area contributed by atoms with Crippen molar-refractivity contribution in [1.29, 1.82) is 0 Å². The Bertz CT molecular complexity index is 520. The number of carboxylic acid groups (broad SMARTS) is 1. The van der Waals surface area contributed by atoms with Gasteiger partial charge in [0.2, 0.25) is 5.88 Å². The molecule has 3 N–H and O–H groups in total. The summed E-state index contributed by atoms with van der Waals surface area (Å²) in [6.07, 6.45) is 0.312. The number of aryl methyl sites for hydroxylation is 1. The fourth-order valence-corrected chi connectivity index (χ4v) is 1.65. The maximum absolute atomic E-state index is 10.5. The van der Waals surface area contributed by atoms with E-state index >= 15 is 0 Å². The summed E-state index contributed by atoms with van der Waals surface area (Å²) >= 11 is 0. The quantitative estimate of drug-likeness (QED) is 0.840. The van der Waals surface area contributed by atoms with Crippen LogP contribution in [0.25, 0.3) is 11.1 Å². The Labute approximate surface area is 97.8 Å². The van der Waals surface area contributed by atoms with Crippen LogP contribution in [-0.2, 0) is 11.2 Å². The molecule has 0 spiro atoms. The molecule has 1 aromatic carbocycles. The molecule has 0 bridgehead atoms. The lowest BCUT2D eigenvalue weighted by Crippen LogP contribution is -1.99. The number of hydrogen-bond acceptors (Lipinski definition) is 4. The molecule has 0 radical (unpaired) electrons. The lowest BCUT2D eigenvalue weighted by molar-refractivity contribution is -0.136. The van der Waals surface area contributed by atoms with Gasteiger partial charge in [-0.15, -0.1) is 0 Å². The van der Waals surface area contributed by atoms with Gasteiger partial charge in [0.25, 0.3) is 0 Å². The van der Waals surface area contributed by atoms with Crippen molar-refractivity contribution in [2.45, 2.75) is 12.8 Å². The zero-order valence-electron chi connectivity index (χ0n) is 9.09. The summed E-state index contributed by atoms with van der Waals surface area (Å²) in [5.74, 6) is -0.651. The van der Waals surface area contributed by atoms with E-state index in [1.807, 2.05) is 30.3 Å². The molecule has 0 aliphatic carbocycles. The minimum absolute atomic E-state index is 0.00576. The average Bonchev–Trinajstić information content (AvgIpc) is 2.69. The lowest BCUT2D eigenvalue weighted by atomic mass is 10.0. The third-order valence-corrected chi connectivity index (χ3v) is 2.43. The summed E-state index contributed by atoms with van der Waals surface area (Å²) in [6, 6.07) is 9.41. The maximum Gasteiger partial charge on any atom is 0.303 e. The van der Waals surface area contributed by atoms with E-state index in [1.165, 1.54) is 0 Å². The fraction of sp³-hybridized carbons (Fsp3) is 0.167. The highest BCUT2D eigenvalue weighted by Gasteiger charge is 2.16. The number of nitrogen functional groups attached to an aromatic ring is 1. The van der Waals surface area contributed by atoms with Crippen molar-refractivity contribution in [3.63, 3.8) is 0 Å². The Balaban J connectivity index is 2.33. The molecule has 0 aliphatic heterocycles. The second-order valence-corrected chi connectivity index (χ2v) is 3.63. The highest BCUT2D eigenvalue weighted by atomic mass is 16.5. The molecule has 1 heterocycles. The Hall–Kier alpha value is -2.30. The zero-order chi connectivity index (χ0) is 12.3. The molecule has 1 aromatic heterocycles. The molecule has 2 rings (SSSR count). The fourth-order valence-electron chi connectivity index (χ4n) is 1.65. The van der Waals surface area contributed by atoms with Gasteiger partial charge in [-0.2, -0.15) is 0 Å². The van der Waals surface area contributed by atoms with Crippen molar-refractivity contribution in [3.05, 3.63) is 36.0 Å². The molecule has 0 atom stereocenters. The average molecular weight is 232 g/mol. The van der Waals surface area contributed by atoms with E-state index in [-0.39, 0.29) is 12.3 Å². The number of carboxylic acids is 1. The minimum atomic E-state index is -0.870. The standard InChI is InChI=1S/C12H12N2O3/c13-12-11(8-4-2-1-3-5-8)9(14-17-12)6-7-10(15)16/h1-5H,6-7,13H2,(H,15,16). The summed E-state index contributed by atoms with van der Waals surface area (Å²) in [4.78, 5) is 10.5. The Morgan fingerprint density at radius 3 is 2.71 bits per heavy atom. The van der Waals surface area contributed by atoms with Gasteiger partial charge in [-0.25, -0.2) is 0 Å². The second-order valence-electron chi connectivity index (χ2n) is 3.63. The normalized spacial score (nSPS) is 10.4. The minimum Gasteiger partial charge on any atom is -0.481 e. The van der Waals surface area contributed by atoms with Gasteiger partial charge in [0.1, 0.15) is 0 Å². The first-order valence-corrected chi connectivity index (χ1v) is 5.19. The van der Waals surface area contributed by atoms with Crippen LogP contribution in [0.1, 0.15) is 12.1 Å². The lowest BCUT2D eigenvalue weighted by Gasteiger charge is -2.00. The van der Waals surface area contributed by atoms with E-state index in [0.717, 1.165) is 5.56 Å². The SMILES string of the molecule is Nc1onc(CCC(=O)O)c1-c1ccccc1. The summed E-state index contributed by atoms with van der Waals surface area (Å²) in [5, 5.41) is 12.5. The van der Waals surface area contributed by atoms with E-state index < -0.39 is 5.97 Å². The topological polar surface area (TPSA) is 89.4 Å². The number of rotatable bonds is 4. The molecule has 0 saturated carbocycles. The van der Waals surface area contributed by atoms with Gasteiger partial charge in [0.05, 0.1) is 17.7 Å². The monoisotopic (exact) mass is 232 g/mol. The zero-order valence-corrected chi connectivity index (χ0v) is 9.09. The number of aromatic nitrogens is 1. The van der Waals surface area contributed by atoms with Crippen LogP contribution in [0.4, 0.5) is 5.88 Å². The van der Waals surface area contributed by atoms with Gasteiger partial charge >= 0.3 is 5.97 Å². The van der Waals surface area contributed by atoms with Crippen molar-refractivity contribution < 1.29 is 14.4 Å². The summed E-state index contributed by atoms with van der Waals surface area (Å²) in [7, 11) is 0. The third kappa shape index (κ3) is 2.44. The number of aliphatic carboxylic acids is 1. The summed E-state index contributed by atoms with van der Waals surface area (Å²) in [5.41, 5.74) is 7.85. The Kier molecular flexibility index (Phi) is 3.09. The van der Waals surface area contributed by atoms with Crippen LogP contribution in [0.5, 0.6) is 0 Å². The smallest absolute Gasteiger partial charge is 0.303 e. The van der Waals surface area contributed by atoms with E-state index in [4.69, 9.17) is 15.4 Å². The molecule has 88 valence electrons. The van der Waals surface area contributed by atoms with Crippen LogP contribution in [-0.4, -0.2) is 16.2 Å². The molecular formula is C12H12N2O3. The molecule has 2 aromatic rings. The van der Waals surface area contributed by atoms with Crippen molar-refractivity contribution in [3.8, 4) is 11.1 Å². The predicted molar refractivity (Wildman–Crippen MR) is 62.3 cm³/mol. The summed E-state index contributed by atoms with van der Waals surface area (Å²) in [6.45, 7) is 0. The largest absolute Gasteiger partial charge is 0.481 e. The van der Waals surface area contributed by atoms with Crippen LogP contribution in [0.3, 0.4) is 0 Å². The first-order chi connectivity index (χ1) is 8.18. The molecule has 0 fully saturated rings. The third-order valence-electron chi connectivity index (χ3n) is 2.43. The molecular weight excluding hydrogens is 220 g/mol. The van der Waals surface area contributed by atoms with Gasteiger partial charge in [-0.1, -0.05) is 35.5 Å². The van der Waals surface area contributed by atoms with Gasteiger partial charge in [0.15, 0.2) is 0 Å². The second kappa shape index (κ2) is 4.69. The first kappa shape index (κ1) is 11.2. The van der Waals surface area contributed by atoms with E-state index in [0.29, 0.717) is 17.7 Å². The number of nitrogens with zero attached hydrogens (tertiary/aromatic N) is 1. The number of anilines is 1. The first-order valence-electron chi connectivity index (χ1n) is 5.19. The number of nitrogens with two attached hydrogens (primary N) is 1. The summed E-state index contributed by atoms with van der Waals surface area (Å²) < 4.78 is 4.92. The highest BCUT2D eigenvalue weighted by Crippen LogP contribution is 2.30. The van der Waals surface area contributed by atoms with Crippen LogP contribution in [0, 0.1) is 0 Å². The molecule has 5 heteroatoms. The highest BCUT2D eigenvalue weighted by molar-refractivity contribution is 5.75. The van der Waals surface area contributed by atoms with Crippen LogP contribution in [0.2, 0.25) is 0 Å². The van der Waals surface area contributed by atoms with Gasteiger partial charge in [-0.05, 0) is 5.56 Å². The van der Waals surface area contributed by atoms with Crippen molar-refractivity contribution in [2.75, 3.05) is 5.73 Å². The molecule has 0 amide bonds. The predicted octanol–water partition coefficient (Wildman–Crippen LogP) is 1.94. The van der Waals surface area contributed by atoms with Crippen molar-refractivity contribution in [1.82, 2.24) is 5.16 Å². The van der Waals surface area contributed by atoms with E-state index in [1.54, 1.807) is 0 Å². The number of hydrogen-bond donors (Lipinski definition) is 2. The maximum atomic E-state index is 10.5. The molecule has 5 nitrogen and oxygen atoms in total. The molecule has 0 saturated heterocycles. The van der Waals surface area contributed by atoms with E-state index in [9.17, 15) is 4.79 Å². The number of benzene rings is 1. The van der Waals surface area contributed by atoms with Gasteiger partial charge in [-0.3, -0.25) is 4.79 Å². The van der Waals surface area contributed by atoms with Crippen molar-refractivity contribution >= 4 is 11.9 Å². The van der Waals surface area contributed by atoms with Crippen LogP contribution < -0.4 is 5.73 Å². The number of carbonyl (C=O) groups is 1. The Morgan fingerprint density at radius 1 is 1.35 bits per heavy atom. The van der Waals surface area contributed by atoms with Gasteiger partial charge < -0.3 is 15.4 Å². The molecule has 0 aliphatic rings. The molecule has 0 unspecified atom stereocenters. The molecule has 17 heavy (non-hydrogen) atoms. The van der Waals surface area contributed by atoms with Crippen LogP contribution >= 0.6 is 0 Å². The van der Waals surface area contributed by atoms with Gasteiger partial charge in [0, 0.05) is 6.42 Å². The van der Waals surface area contributed by atoms with E-state index in [2.05, 4.69) is 5.16 Å².